The van der Waals surface area contributed by atoms with Crippen LogP contribution in [-0.4, -0.2) is 4.98 Å². The highest BCUT2D eigenvalue weighted by Crippen LogP contribution is 2.26. The van der Waals surface area contributed by atoms with Gasteiger partial charge in [0.2, 0.25) is 0 Å². The SMILES string of the molecule is CCCc1ccc(C(NN)c2cnc3ccsc3c2)cc1. The molecule has 108 valence electrons. The second-order valence-electron chi connectivity index (χ2n) is 5.16. The fourth-order valence-electron chi connectivity index (χ4n) is 2.57. The summed E-state index contributed by atoms with van der Waals surface area (Å²) in [4.78, 5) is 4.50. The summed E-state index contributed by atoms with van der Waals surface area (Å²) in [5.41, 5.74) is 7.57. The molecular weight excluding hydrogens is 278 g/mol. The van der Waals surface area contributed by atoms with Crippen molar-refractivity contribution in [2.75, 3.05) is 0 Å². The van der Waals surface area contributed by atoms with Crippen LogP contribution in [0.3, 0.4) is 0 Å². The van der Waals surface area contributed by atoms with Crippen LogP contribution in [0.1, 0.15) is 36.1 Å². The van der Waals surface area contributed by atoms with Gasteiger partial charge in [0.1, 0.15) is 0 Å². The van der Waals surface area contributed by atoms with Crippen molar-refractivity contribution in [2.45, 2.75) is 25.8 Å². The maximum absolute atomic E-state index is 5.78. The third-order valence-corrected chi connectivity index (χ3v) is 4.53. The molecule has 1 aromatic carbocycles. The molecule has 0 saturated carbocycles. The summed E-state index contributed by atoms with van der Waals surface area (Å²) >= 11 is 1.70. The van der Waals surface area contributed by atoms with Gasteiger partial charge in [-0.3, -0.25) is 10.8 Å². The molecule has 0 aliphatic carbocycles. The summed E-state index contributed by atoms with van der Waals surface area (Å²) in [5, 5.41) is 2.06. The van der Waals surface area contributed by atoms with Crippen molar-refractivity contribution in [3.8, 4) is 0 Å². The molecule has 4 heteroatoms. The Labute approximate surface area is 128 Å². The van der Waals surface area contributed by atoms with Gasteiger partial charge >= 0.3 is 0 Å². The number of aromatic nitrogens is 1. The van der Waals surface area contributed by atoms with Crippen molar-refractivity contribution in [1.82, 2.24) is 10.4 Å². The Hall–Kier alpha value is -1.75. The number of hydrazine groups is 1. The molecule has 3 N–H and O–H groups in total. The molecule has 0 aliphatic rings. The van der Waals surface area contributed by atoms with Gasteiger partial charge in [-0.25, -0.2) is 5.43 Å². The summed E-state index contributed by atoms with van der Waals surface area (Å²) in [5.74, 6) is 5.78. The fourth-order valence-corrected chi connectivity index (χ4v) is 3.36. The van der Waals surface area contributed by atoms with Crippen LogP contribution in [0.15, 0.2) is 48.0 Å². The molecule has 3 nitrogen and oxygen atoms in total. The van der Waals surface area contributed by atoms with Gasteiger partial charge in [-0.05, 0) is 40.6 Å². The zero-order valence-corrected chi connectivity index (χ0v) is 12.9. The third kappa shape index (κ3) is 2.97. The lowest BCUT2D eigenvalue weighted by Gasteiger charge is -2.17. The molecule has 0 aliphatic heterocycles. The van der Waals surface area contributed by atoms with E-state index in [1.807, 2.05) is 12.3 Å². The van der Waals surface area contributed by atoms with E-state index in [1.165, 1.54) is 10.3 Å². The third-order valence-electron chi connectivity index (χ3n) is 3.68. The Bertz CT molecular complexity index is 718. The van der Waals surface area contributed by atoms with Gasteiger partial charge in [0, 0.05) is 6.20 Å². The highest BCUT2D eigenvalue weighted by Gasteiger charge is 2.13. The minimum Gasteiger partial charge on any atom is -0.271 e. The maximum atomic E-state index is 5.78. The van der Waals surface area contributed by atoms with Crippen LogP contribution in [0.25, 0.3) is 10.2 Å². The summed E-state index contributed by atoms with van der Waals surface area (Å²) in [7, 11) is 0. The molecule has 2 heterocycles. The number of aryl methyl sites for hydroxylation is 1. The van der Waals surface area contributed by atoms with Crippen LogP contribution in [0.2, 0.25) is 0 Å². The van der Waals surface area contributed by atoms with Crippen molar-refractivity contribution < 1.29 is 0 Å². The van der Waals surface area contributed by atoms with Crippen molar-refractivity contribution in [3.05, 3.63) is 64.7 Å². The van der Waals surface area contributed by atoms with E-state index in [0.29, 0.717) is 0 Å². The summed E-state index contributed by atoms with van der Waals surface area (Å²) in [6.07, 6.45) is 4.18. The molecule has 0 amide bonds. The van der Waals surface area contributed by atoms with Crippen molar-refractivity contribution in [1.29, 1.82) is 0 Å². The quantitative estimate of drug-likeness (QED) is 0.556. The first-order valence-corrected chi connectivity index (χ1v) is 8.08. The van der Waals surface area contributed by atoms with Gasteiger partial charge < -0.3 is 0 Å². The van der Waals surface area contributed by atoms with Crippen LogP contribution in [0.5, 0.6) is 0 Å². The molecule has 21 heavy (non-hydrogen) atoms. The topological polar surface area (TPSA) is 50.9 Å². The van der Waals surface area contributed by atoms with Crippen LogP contribution >= 0.6 is 11.3 Å². The van der Waals surface area contributed by atoms with Crippen LogP contribution < -0.4 is 11.3 Å². The number of benzene rings is 1. The maximum Gasteiger partial charge on any atom is 0.0809 e. The van der Waals surface area contributed by atoms with Gasteiger partial charge in [0.25, 0.3) is 0 Å². The number of pyridine rings is 1. The van der Waals surface area contributed by atoms with Crippen LogP contribution in [0.4, 0.5) is 0 Å². The summed E-state index contributed by atoms with van der Waals surface area (Å²) < 4.78 is 1.19. The van der Waals surface area contributed by atoms with E-state index in [-0.39, 0.29) is 6.04 Å². The van der Waals surface area contributed by atoms with Crippen molar-refractivity contribution in [2.24, 2.45) is 5.84 Å². The van der Waals surface area contributed by atoms with E-state index in [9.17, 15) is 0 Å². The van der Waals surface area contributed by atoms with E-state index < -0.39 is 0 Å². The lowest BCUT2D eigenvalue weighted by Crippen LogP contribution is -2.28. The zero-order chi connectivity index (χ0) is 14.7. The molecule has 2 aromatic heterocycles. The van der Waals surface area contributed by atoms with E-state index in [2.05, 4.69) is 53.0 Å². The predicted molar refractivity (Wildman–Crippen MR) is 89.2 cm³/mol. The number of thiophene rings is 1. The molecule has 0 saturated heterocycles. The minimum absolute atomic E-state index is 0.0281. The Morgan fingerprint density at radius 1 is 1.19 bits per heavy atom. The second kappa shape index (κ2) is 6.35. The molecule has 3 rings (SSSR count). The van der Waals surface area contributed by atoms with E-state index in [0.717, 1.165) is 29.5 Å². The second-order valence-corrected chi connectivity index (χ2v) is 6.11. The van der Waals surface area contributed by atoms with Crippen molar-refractivity contribution in [3.63, 3.8) is 0 Å². The van der Waals surface area contributed by atoms with Gasteiger partial charge in [-0.2, -0.15) is 0 Å². The average Bonchev–Trinajstić information content (AvgIpc) is 2.98. The fraction of sp³-hybridized carbons (Fsp3) is 0.235. The first kappa shape index (κ1) is 14.2. The largest absolute Gasteiger partial charge is 0.271 e. The molecule has 3 aromatic rings. The Kier molecular flexibility index (Phi) is 4.29. The monoisotopic (exact) mass is 297 g/mol. The highest BCUT2D eigenvalue weighted by molar-refractivity contribution is 7.17. The van der Waals surface area contributed by atoms with E-state index >= 15 is 0 Å². The molecule has 0 radical (unpaired) electrons. The Balaban J connectivity index is 1.92. The zero-order valence-electron chi connectivity index (χ0n) is 12.0. The molecule has 1 atom stereocenters. The number of fused-ring (bicyclic) bond motifs is 1. The molecular formula is C17H19N3S. The Morgan fingerprint density at radius 2 is 2.00 bits per heavy atom. The molecule has 1 unspecified atom stereocenters. The number of nitrogens with one attached hydrogen (secondary N) is 1. The Morgan fingerprint density at radius 3 is 2.71 bits per heavy atom. The lowest BCUT2D eigenvalue weighted by atomic mass is 9.98. The highest BCUT2D eigenvalue weighted by atomic mass is 32.1. The number of rotatable bonds is 5. The molecule has 0 fully saturated rings. The van der Waals surface area contributed by atoms with Crippen molar-refractivity contribution >= 4 is 21.6 Å². The first-order chi connectivity index (χ1) is 10.3. The average molecular weight is 297 g/mol. The van der Waals surface area contributed by atoms with Crippen LogP contribution in [0, 0.1) is 0 Å². The minimum atomic E-state index is -0.0281. The van der Waals surface area contributed by atoms with E-state index in [1.54, 1.807) is 11.3 Å². The molecule has 0 spiro atoms. The normalized spacial score (nSPS) is 12.7. The van der Waals surface area contributed by atoms with Gasteiger partial charge in [0.05, 0.1) is 16.3 Å². The number of hydrogen-bond acceptors (Lipinski definition) is 4. The van der Waals surface area contributed by atoms with Gasteiger partial charge in [0.15, 0.2) is 0 Å². The predicted octanol–water partition coefficient (Wildman–Crippen LogP) is 3.80. The standard InChI is InChI=1S/C17H19N3S/c1-2-3-12-4-6-13(7-5-12)17(20-18)14-10-16-15(19-11-14)8-9-21-16/h4-11,17,20H,2-3,18H2,1H3. The lowest BCUT2D eigenvalue weighted by molar-refractivity contribution is 0.635. The van der Waals surface area contributed by atoms with Gasteiger partial charge in [-0.1, -0.05) is 37.6 Å². The van der Waals surface area contributed by atoms with Crippen LogP contribution in [-0.2, 0) is 6.42 Å². The molecule has 0 bridgehead atoms. The van der Waals surface area contributed by atoms with Gasteiger partial charge in [-0.15, -0.1) is 11.3 Å². The van der Waals surface area contributed by atoms with E-state index in [4.69, 9.17) is 5.84 Å². The smallest absolute Gasteiger partial charge is 0.0809 e. The summed E-state index contributed by atoms with van der Waals surface area (Å²) in [6, 6.07) is 12.8. The number of nitrogens with two attached hydrogens (primary N) is 1. The number of hydrogen-bond donors (Lipinski definition) is 2. The number of nitrogens with zero attached hydrogens (tertiary/aromatic N) is 1. The summed E-state index contributed by atoms with van der Waals surface area (Å²) in [6.45, 7) is 2.19. The first-order valence-electron chi connectivity index (χ1n) is 7.20.